The van der Waals surface area contributed by atoms with Gasteiger partial charge in [-0.25, -0.2) is 0 Å². The molecule has 0 aromatic heterocycles. The van der Waals surface area contributed by atoms with E-state index in [4.69, 9.17) is 4.74 Å². The number of nitro benzene ring substituents is 2. The van der Waals surface area contributed by atoms with E-state index in [1.54, 1.807) is 26.0 Å². The third-order valence-corrected chi connectivity index (χ3v) is 6.80. The molecule has 4 aromatic carbocycles. The number of aryl methyl sites for hydroxylation is 2. The molecule has 2 unspecified atom stereocenters. The highest BCUT2D eigenvalue weighted by Gasteiger charge is 2.31. The normalized spacial score (nSPS) is 12.6. The van der Waals surface area contributed by atoms with Crippen LogP contribution in [0.15, 0.2) is 84.9 Å². The SMILES string of the molecule is Cc1ccc([N+](=O)[O-])c(C)c1C(OC(c1ccccc1)c1c(C)ccc([N+](=O)[O-])c1C)c1ccccc1. The zero-order valence-corrected chi connectivity index (χ0v) is 21.2. The fourth-order valence-corrected chi connectivity index (χ4v) is 4.93. The van der Waals surface area contributed by atoms with E-state index >= 15 is 0 Å². The first-order chi connectivity index (χ1) is 17.7. The quantitative estimate of drug-likeness (QED) is 0.185. The van der Waals surface area contributed by atoms with Crippen LogP contribution in [0.1, 0.15) is 56.7 Å². The Balaban J connectivity index is 1.98. The Labute approximate surface area is 215 Å². The van der Waals surface area contributed by atoms with Gasteiger partial charge in [0.1, 0.15) is 12.2 Å². The predicted molar refractivity (Wildman–Crippen MR) is 143 cm³/mol. The van der Waals surface area contributed by atoms with Gasteiger partial charge in [-0.2, -0.15) is 0 Å². The minimum Gasteiger partial charge on any atom is -0.356 e. The highest BCUT2D eigenvalue weighted by molar-refractivity contribution is 5.54. The highest BCUT2D eigenvalue weighted by Crippen LogP contribution is 2.42. The molecule has 0 radical (unpaired) electrons. The van der Waals surface area contributed by atoms with E-state index in [1.165, 1.54) is 12.1 Å². The van der Waals surface area contributed by atoms with Gasteiger partial charge in [0.05, 0.1) is 9.85 Å². The molecule has 2 atom stereocenters. The van der Waals surface area contributed by atoms with Gasteiger partial charge < -0.3 is 4.74 Å². The van der Waals surface area contributed by atoms with Gasteiger partial charge >= 0.3 is 0 Å². The monoisotopic (exact) mass is 496 g/mol. The number of hydrogen-bond acceptors (Lipinski definition) is 5. The molecule has 0 spiro atoms. The fraction of sp³-hybridized carbons (Fsp3) is 0.200. The smallest absolute Gasteiger partial charge is 0.272 e. The standard InChI is InChI=1S/C30H28N2O5/c1-19-15-17-25(31(33)34)21(3)27(19)29(23-11-7-5-8-12-23)37-30(24-13-9-6-10-14-24)28-20(2)16-18-26(22(28)4)32(35)36/h5-18,29-30H,1-4H3. The van der Waals surface area contributed by atoms with Crippen LogP contribution in [-0.2, 0) is 4.74 Å². The molecule has 0 amide bonds. The summed E-state index contributed by atoms with van der Waals surface area (Å²) in [5, 5.41) is 23.6. The number of benzene rings is 4. The Morgan fingerprint density at radius 2 is 0.919 bits per heavy atom. The van der Waals surface area contributed by atoms with Gasteiger partial charge in [0, 0.05) is 23.3 Å². The number of rotatable bonds is 8. The Kier molecular flexibility index (Phi) is 7.45. The molecular weight excluding hydrogens is 468 g/mol. The van der Waals surface area contributed by atoms with Crippen LogP contribution in [-0.4, -0.2) is 9.85 Å². The van der Waals surface area contributed by atoms with Gasteiger partial charge in [0.15, 0.2) is 0 Å². The van der Waals surface area contributed by atoms with E-state index in [2.05, 4.69) is 0 Å². The molecule has 0 saturated carbocycles. The maximum atomic E-state index is 11.8. The van der Waals surface area contributed by atoms with Crippen LogP contribution in [0.25, 0.3) is 0 Å². The lowest BCUT2D eigenvalue weighted by Crippen LogP contribution is -2.17. The highest BCUT2D eigenvalue weighted by atomic mass is 16.6. The van der Waals surface area contributed by atoms with E-state index < -0.39 is 12.2 Å². The topological polar surface area (TPSA) is 95.5 Å². The van der Waals surface area contributed by atoms with E-state index in [-0.39, 0.29) is 21.2 Å². The Morgan fingerprint density at radius 1 is 0.568 bits per heavy atom. The third kappa shape index (κ3) is 5.13. The fourth-order valence-electron chi connectivity index (χ4n) is 4.93. The minimum absolute atomic E-state index is 0.0177. The molecule has 0 fully saturated rings. The van der Waals surface area contributed by atoms with Gasteiger partial charge in [-0.1, -0.05) is 72.8 Å². The summed E-state index contributed by atoms with van der Waals surface area (Å²) in [5.41, 5.74) is 5.88. The van der Waals surface area contributed by atoms with Crippen LogP contribution in [0, 0.1) is 47.9 Å². The van der Waals surface area contributed by atoms with E-state index in [1.807, 2.05) is 74.5 Å². The van der Waals surface area contributed by atoms with E-state index in [0.717, 1.165) is 22.3 Å². The summed E-state index contributed by atoms with van der Waals surface area (Å²) in [6, 6.07) is 25.6. The van der Waals surface area contributed by atoms with Gasteiger partial charge in [-0.3, -0.25) is 20.2 Å². The predicted octanol–water partition coefficient (Wildman–Crippen LogP) is 7.63. The van der Waals surface area contributed by atoms with Crippen molar-refractivity contribution in [1.29, 1.82) is 0 Å². The van der Waals surface area contributed by atoms with Crippen molar-refractivity contribution in [1.82, 2.24) is 0 Å². The Morgan fingerprint density at radius 3 is 1.24 bits per heavy atom. The van der Waals surface area contributed by atoms with Crippen molar-refractivity contribution >= 4 is 11.4 Å². The van der Waals surface area contributed by atoms with Crippen LogP contribution in [0.3, 0.4) is 0 Å². The summed E-state index contributed by atoms with van der Waals surface area (Å²) in [7, 11) is 0. The summed E-state index contributed by atoms with van der Waals surface area (Å²) < 4.78 is 6.94. The summed E-state index contributed by atoms with van der Waals surface area (Å²) in [4.78, 5) is 22.8. The Hall–Kier alpha value is -4.36. The first-order valence-corrected chi connectivity index (χ1v) is 11.9. The number of nitro groups is 2. The lowest BCUT2D eigenvalue weighted by molar-refractivity contribution is -0.385. The van der Waals surface area contributed by atoms with Crippen molar-refractivity contribution in [3.05, 3.63) is 150 Å². The maximum Gasteiger partial charge on any atom is 0.272 e. The van der Waals surface area contributed by atoms with Crippen LogP contribution >= 0.6 is 0 Å². The molecule has 0 aliphatic heterocycles. The average Bonchev–Trinajstić information content (AvgIpc) is 2.87. The maximum absolute atomic E-state index is 11.8. The molecular formula is C30H28N2O5. The second-order valence-electron chi connectivity index (χ2n) is 9.11. The lowest BCUT2D eigenvalue weighted by atomic mass is 9.89. The third-order valence-electron chi connectivity index (χ3n) is 6.80. The summed E-state index contributed by atoms with van der Waals surface area (Å²) in [6.07, 6.45) is -1.33. The molecule has 37 heavy (non-hydrogen) atoms. The van der Waals surface area contributed by atoms with Gasteiger partial charge in [-0.15, -0.1) is 0 Å². The second-order valence-corrected chi connectivity index (χ2v) is 9.11. The van der Waals surface area contributed by atoms with E-state index in [9.17, 15) is 20.2 Å². The average molecular weight is 497 g/mol. The van der Waals surface area contributed by atoms with Crippen LogP contribution in [0.5, 0.6) is 0 Å². The molecule has 0 bridgehead atoms. The second kappa shape index (κ2) is 10.7. The Bertz CT molecular complexity index is 1340. The number of hydrogen-bond donors (Lipinski definition) is 0. The van der Waals surface area contributed by atoms with Crippen LogP contribution in [0.2, 0.25) is 0 Å². The molecule has 0 aliphatic carbocycles. The van der Waals surface area contributed by atoms with E-state index in [0.29, 0.717) is 22.3 Å². The molecule has 0 aliphatic rings. The van der Waals surface area contributed by atoms with Gasteiger partial charge in [0.25, 0.3) is 11.4 Å². The van der Waals surface area contributed by atoms with Crippen molar-refractivity contribution in [2.45, 2.75) is 39.9 Å². The van der Waals surface area contributed by atoms with Gasteiger partial charge in [0.2, 0.25) is 0 Å². The molecule has 188 valence electrons. The zero-order valence-electron chi connectivity index (χ0n) is 21.2. The number of ether oxygens (including phenoxy) is 1. The molecule has 0 heterocycles. The van der Waals surface area contributed by atoms with Gasteiger partial charge in [-0.05, 0) is 61.1 Å². The van der Waals surface area contributed by atoms with Crippen molar-refractivity contribution in [2.24, 2.45) is 0 Å². The van der Waals surface area contributed by atoms with Crippen molar-refractivity contribution in [3.63, 3.8) is 0 Å². The van der Waals surface area contributed by atoms with Crippen molar-refractivity contribution in [2.75, 3.05) is 0 Å². The molecule has 0 saturated heterocycles. The number of nitrogens with zero attached hydrogens (tertiary/aromatic N) is 2. The summed E-state index contributed by atoms with van der Waals surface area (Å²) in [6.45, 7) is 7.29. The molecule has 4 rings (SSSR count). The lowest BCUT2D eigenvalue weighted by Gasteiger charge is -2.30. The molecule has 7 heteroatoms. The summed E-state index contributed by atoms with van der Waals surface area (Å²) in [5.74, 6) is 0. The summed E-state index contributed by atoms with van der Waals surface area (Å²) >= 11 is 0. The minimum atomic E-state index is -0.663. The van der Waals surface area contributed by atoms with Crippen molar-refractivity contribution in [3.8, 4) is 0 Å². The zero-order chi connectivity index (χ0) is 26.7. The van der Waals surface area contributed by atoms with Crippen LogP contribution < -0.4 is 0 Å². The first-order valence-electron chi connectivity index (χ1n) is 11.9. The molecule has 4 aromatic rings. The largest absolute Gasteiger partial charge is 0.356 e. The molecule has 7 nitrogen and oxygen atoms in total. The first kappa shape index (κ1) is 25.7. The van der Waals surface area contributed by atoms with Crippen molar-refractivity contribution < 1.29 is 14.6 Å². The molecule has 0 N–H and O–H groups in total. The van der Waals surface area contributed by atoms with Crippen LogP contribution in [0.4, 0.5) is 11.4 Å².